The smallest absolute Gasteiger partial charge is 0.269 e. The molecule has 1 atom stereocenters. The molecular weight excluding hydrogens is 366 g/mol. The lowest BCUT2D eigenvalue weighted by molar-refractivity contribution is -0.384. The quantitative estimate of drug-likeness (QED) is 0.565. The SMILES string of the molecule is CS(=O)(=O)N1CCCCC[C@H]1C1CCN(Cc2ccc([N+](=O)[O-])cc2)CC1. The van der Waals surface area contributed by atoms with E-state index in [1.54, 1.807) is 16.4 Å². The minimum absolute atomic E-state index is 0.117. The van der Waals surface area contributed by atoms with Crippen LogP contribution in [-0.2, 0) is 16.6 Å². The molecule has 8 heteroatoms. The van der Waals surface area contributed by atoms with Gasteiger partial charge in [0, 0.05) is 31.3 Å². The van der Waals surface area contributed by atoms with E-state index in [1.165, 1.54) is 6.26 Å². The predicted octanol–water partition coefficient (Wildman–Crippen LogP) is 3.01. The largest absolute Gasteiger partial charge is 0.299 e. The zero-order chi connectivity index (χ0) is 19.4. The molecular formula is C19H29N3O4S. The van der Waals surface area contributed by atoms with Gasteiger partial charge in [-0.25, -0.2) is 8.42 Å². The second-order valence-electron chi connectivity index (χ2n) is 7.83. The van der Waals surface area contributed by atoms with Crippen molar-refractivity contribution in [2.75, 3.05) is 25.9 Å². The number of nitro benzene ring substituents is 1. The summed E-state index contributed by atoms with van der Waals surface area (Å²) in [5, 5.41) is 10.8. The molecule has 0 spiro atoms. The lowest BCUT2D eigenvalue weighted by atomic mass is 9.87. The second kappa shape index (κ2) is 8.67. The fourth-order valence-electron chi connectivity index (χ4n) is 4.47. The zero-order valence-corrected chi connectivity index (χ0v) is 16.7. The van der Waals surface area contributed by atoms with Crippen LogP contribution < -0.4 is 0 Å². The summed E-state index contributed by atoms with van der Waals surface area (Å²) in [6, 6.07) is 6.89. The summed E-state index contributed by atoms with van der Waals surface area (Å²) >= 11 is 0. The highest BCUT2D eigenvalue weighted by molar-refractivity contribution is 7.88. The van der Waals surface area contributed by atoms with Crippen molar-refractivity contribution in [1.82, 2.24) is 9.21 Å². The molecule has 150 valence electrons. The number of rotatable bonds is 5. The van der Waals surface area contributed by atoms with E-state index in [4.69, 9.17) is 0 Å². The first-order valence-electron chi connectivity index (χ1n) is 9.77. The van der Waals surface area contributed by atoms with Crippen molar-refractivity contribution in [2.24, 2.45) is 5.92 Å². The maximum atomic E-state index is 12.2. The minimum Gasteiger partial charge on any atom is -0.299 e. The third-order valence-electron chi connectivity index (χ3n) is 5.90. The maximum absolute atomic E-state index is 12.2. The normalized spacial score (nSPS) is 23.8. The van der Waals surface area contributed by atoms with Crippen LogP contribution >= 0.6 is 0 Å². The van der Waals surface area contributed by atoms with E-state index in [9.17, 15) is 18.5 Å². The number of hydrogen-bond acceptors (Lipinski definition) is 5. The van der Waals surface area contributed by atoms with Crippen molar-refractivity contribution >= 4 is 15.7 Å². The van der Waals surface area contributed by atoms with E-state index >= 15 is 0 Å². The first kappa shape index (κ1) is 20.2. The molecule has 0 N–H and O–H groups in total. The summed E-state index contributed by atoms with van der Waals surface area (Å²) in [7, 11) is -3.16. The average Bonchev–Trinajstić information content (AvgIpc) is 2.89. The number of benzene rings is 1. The molecule has 0 unspecified atom stereocenters. The Bertz CT molecular complexity index is 743. The van der Waals surface area contributed by atoms with Crippen LogP contribution in [0.4, 0.5) is 5.69 Å². The van der Waals surface area contributed by atoms with Gasteiger partial charge in [-0.2, -0.15) is 4.31 Å². The van der Waals surface area contributed by atoms with Crippen molar-refractivity contribution in [3.05, 3.63) is 39.9 Å². The molecule has 2 aliphatic heterocycles. The lowest BCUT2D eigenvalue weighted by Crippen LogP contribution is -2.47. The van der Waals surface area contributed by atoms with Crippen LogP contribution in [0, 0.1) is 16.0 Å². The van der Waals surface area contributed by atoms with Gasteiger partial charge in [0.25, 0.3) is 5.69 Å². The van der Waals surface area contributed by atoms with Gasteiger partial charge in [-0.3, -0.25) is 15.0 Å². The third-order valence-corrected chi connectivity index (χ3v) is 7.21. The fraction of sp³-hybridized carbons (Fsp3) is 0.684. The van der Waals surface area contributed by atoms with Crippen molar-refractivity contribution in [3.8, 4) is 0 Å². The van der Waals surface area contributed by atoms with E-state index in [0.717, 1.165) is 63.7 Å². The maximum Gasteiger partial charge on any atom is 0.269 e. The van der Waals surface area contributed by atoms with Crippen LogP contribution in [0.5, 0.6) is 0 Å². The highest BCUT2D eigenvalue weighted by Gasteiger charge is 2.35. The topological polar surface area (TPSA) is 83.8 Å². The third kappa shape index (κ3) is 5.27. The Morgan fingerprint density at radius 1 is 1.04 bits per heavy atom. The molecule has 0 saturated carbocycles. The summed E-state index contributed by atoms with van der Waals surface area (Å²) in [5.74, 6) is 0.422. The molecule has 0 radical (unpaired) electrons. The number of nitro groups is 1. The van der Waals surface area contributed by atoms with E-state index in [-0.39, 0.29) is 16.7 Å². The van der Waals surface area contributed by atoms with Crippen molar-refractivity contribution in [2.45, 2.75) is 51.1 Å². The van der Waals surface area contributed by atoms with Gasteiger partial charge in [-0.05, 0) is 50.3 Å². The van der Waals surface area contributed by atoms with Gasteiger partial charge >= 0.3 is 0 Å². The summed E-state index contributed by atoms with van der Waals surface area (Å²) in [6.07, 6.45) is 7.51. The number of non-ortho nitro benzene ring substituents is 1. The van der Waals surface area contributed by atoms with Gasteiger partial charge in [-0.15, -0.1) is 0 Å². The first-order valence-corrected chi connectivity index (χ1v) is 11.6. The molecule has 1 aromatic rings. The Labute approximate surface area is 161 Å². The van der Waals surface area contributed by atoms with E-state index in [2.05, 4.69) is 4.90 Å². The second-order valence-corrected chi connectivity index (χ2v) is 9.76. The molecule has 2 heterocycles. The zero-order valence-electron chi connectivity index (χ0n) is 15.9. The summed E-state index contributed by atoms with van der Waals surface area (Å²) in [4.78, 5) is 12.7. The van der Waals surface area contributed by atoms with Crippen LogP contribution in [-0.4, -0.2) is 54.5 Å². The Morgan fingerprint density at radius 3 is 2.30 bits per heavy atom. The minimum atomic E-state index is -3.16. The van der Waals surface area contributed by atoms with E-state index in [1.807, 2.05) is 12.1 Å². The Hall–Kier alpha value is -1.51. The van der Waals surface area contributed by atoms with Gasteiger partial charge in [0.1, 0.15) is 0 Å². The van der Waals surface area contributed by atoms with Crippen LogP contribution in [0.15, 0.2) is 24.3 Å². The summed E-state index contributed by atoms with van der Waals surface area (Å²) in [5.41, 5.74) is 1.19. The number of nitrogens with zero attached hydrogens (tertiary/aromatic N) is 3. The summed E-state index contributed by atoms with van der Waals surface area (Å²) < 4.78 is 26.2. The molecule has 2 saturated heterocycles. The van der Waals surface area contributed by atoms with Gasteiger partial charge < -0.3 is 0 Å². The van der Waals surface area contributed by atoms with E-state index in [0.29, 0.717) is 12.5 Å². The van der Waals surface area contributed by atoms with Crippen LogP contribution in [0.25, 0.3) is 0 Å². The standard InChI is InChI=1S/C19H29N3O4S/c1-27(25,26)21-12-4-2-3-5-19(21)17-10-13-20(14-11-17)15-16-6-8-18(9-7-16)22(23)24/h6-9,17,19H,2-5,10-15H2,1H3/t19-/m0/s1. The molecule has 0 aliphatic carbocycles. The summed E-state index contributed by atoms with van der Waals surface area (Å²) in [6.45, 7) is 3.32. The number of sulfonamides is 1. The molecule has 2 aliphatic rings. The molecule has 0 amide bonds. The Balaban J connectivity index is 1.58. The van der Waals surface area contributed by atoms with Gasteiger partial charge in [-0.1, -0.05) is 25.0 Å². The van der Waals surface area contributed by atoms with Crippen LogP contribution in [0.2, 0.25) is 0 Å². The Morgan fingerprint density at radius 2 is 1.70 bits per heavy atom. The van der Waals surface area contributed by atoms with Crippen molar-refractivity contribution in [3.63, 3.8) is 0 Å². The number of likely N-dealkylation sites (tertiary alicyclic amines) is 1. The molecule has 27 heavy (non-hydrogen) atoms. The molecule has 0 bridgehead atoms. The monoisotopic (exact) mass is 395 g/mol. The fourth-order valence-corrected chi connectivity index (χ4v) is 5.70. The highest BCUT2D eigenvalue weighted by Crippen LogP contribution is 2.31. The average molecular weight is 396 g/mol. The van der Waals surface area contributed by atoms with Crippen molar-refractivity contribution < 1.29 is 13.3 Å². The molecule has 7 nitrogen and oxygen atoms in total. The molecule has 1 aromatic carbocycles. The van der Waals surface area contributed by atoms with Gasteiger partial charge in [0.15, 0.2) is 0 Å². The first-order chi connectivity index (χ1) is 12.8. The van der Waals surface area contributed by atoms with E-state index < -0.39 is 10.0 Å². The molecule has 3 rings (SSSR count). The number of piperidine rings is 1. The molecule has 0 aromatic heterocycles. The van der Waals surface area contributed by atoms with Gasteiger partial charge in [0.2, 0.25) is 10.0 Å². The van der Waals surface area contributed by atoms with Crippen LogP contribution in [0.3, 0.4) is 0 Å². The highest BCUT2D eigenvalue weighted by atomic mass is 32.2. The number of hydrogen-bond donors (Lipinski definition) is 0. The Kier molecular flexibility index (Phi) is 6.49. The van der Waals surface area contributed by atoms with Crippen LogP contribution in [0.1, 0.15) is 44.1 Å². The van der Waals surface area contributed by atoms with Gasteiger partial charge in [0.05, 0.1) is 11.2 Å². The predicted molar refractivity (Wildman–Crippen MR) is 105 cm³/mol. The lowest BCUT2D eigenvalue weighted by Gasteiger charge is -2.39. The molecule has 2 fully saturated rings. The van der Waals surface area contributed by atoms with Crippen molar-refractivity contribution in [1.29, 1.82) is 0 Å².